The number of rotatable bonds is 5. The van der Waals surface area contributed by atoms with Crippen LogP contribution >= 0.6 is 0 Å². The molecule has 19 heavy (non-hydrogen) atoms. The SMILES string of the molecule is CCCCOC(=O)Cc1n[nH]c2ccccc2c1=O. The van der Waals surface area contributed by atoms with Gasteiger partial charge in [0.05, 0.1) is 18.5 Å². The lowest BCUT2D eigenvalue weighted by atomic mass is 10.2. The minimum absolute atomic E-state index is 0.0934. The van der Waals surface area contributed by atoms with E-state index in [1.54, 1.807) is 18.2 Å². The van der Waals surface area contributed by atoms with Crippen LogP contribution in [0.1, 0.15) is 25.5 Å². The lowest BCUT2D eigenvalue weighted by molar-refractivity contribution is -0.143. The number of carbonyl (C=O) groups excluding carboxylic acids is 1. The van der Waals surface area contributed by atoms with Crippen molar-refractivity contribution < 1.29 is 9.53 Å². The molecule has 1 aromatic heterocycles. The quantitative estimate of drug-likeness (QED) is 0.657. The van der Waals surface area contributed by atoms with Crippen LogP contribution in [0, 0.1) is 0 Å². The summed E-state index contributed by atoms with van der Waals surface area (Å²) < 4.78 is 5.02. The number of hydrogen-bond acceptors (Lipinski definition) is 4. The molecule has 0 amide bonds. The van der Waals surface area contributed by atoms with Gasteiger partial charge in [-0.05, 0) is 18.6 Å². The first-order valence-corrected chi connectivity index (χ1v) is 6.34. The van der Waals surface area contributed by atoms with Gasteiger partial charge in [0.15, 0.2) is 0 Å². The first-order valence-electron chi connectivity index (χ1n) is 6.34. The number of ether oxygens (including phenoxy) is 1. The van der Waals surface area contributed by atoms with Gasteiger partial charge in [0.1, 0.15) is 5.69 Å². The zero-order valence-corrected chi connectivity index (χ0v) is 10.8. The normalized spacial score (nSPS) is 10.6. The smallest absolute Gasteiger partial charge is 0.312 e. The van der Waals surface area contributed by atoms with Gasteiger partial charge >= 0.3 is 5.97 Å². The summed E-state index contributed by atoms with van der Waals surface area (Å²) >= 11 is 0. The lowest BCUT2D eigenvalue weighted by Gasteiger charge is -2.04. The molecule has 1 N–H and O–H groups in total. The molecule has 0 radical (unpaired) electrons. The molecule has 0 unspecified atom stereocenters. The summed E-state index contributed by atoms with van der Waals surface area (Å²) in [6.45, 7) is 2.41. The highest BCUT2D eigenvalue weighted by atomic mass is 16.5. The Morgan fingerprint density at radius 2 is 2.16 bits per heavy atom. The van der Waals surface area contributed by atoms with E-state index in [-0.39, 0.29) is 17.5 Å². The van der Waals surface area contributed by atoms with Crippen molar-refractivity contribution in [1.29, 1.82) is 0 Å². The summed E-state index contributed by atoms with van der Waals surface area (Å²) in [5.74, 6) is -0.415. The molecule has 0 atom stereocenters. The van der Waals surface area contributed by atoms with Gasteiger partial charge in [-0.2, -0.15) is 5.10 Å². The van der Waals surface area contributed by atoms with E-state index in [0.29, 0.717) is 17.5 Å². The summed E-state index contributed by atoms with van der Waals surface area (Å²) in [5, 5.41) is 7.25. The number of H-pyrrole nitrogens is 1. The van der Waals surface area contributed by atoms with Gasteiger partial charge in [-0.1, -0.05) is 25.5 Å². The molecular weight excluding hydrogens is 244 g/mol. The van der Waals surface area contributed by atoms with Crippen LogP contribution in [0.3, 0.4) is 0 Å². The molecule has 0 aliphatic carbocycles. The zero-order chi connectivity index (χ0) is 13.7. The first-order chi connectivity index (χ1) is 9.22. The van der Waals surface area contributed by atoms with E-state index in [9.17, 15) is 9.59 Å². The minimum Gasteiger partial charge on any atom is -0.465 e. The molecule has 0 bridgehead atoms. The predicted molar refractivity (Wildman–Crippen MR) is 71.9 cm³/mol. The first kappa shape index (κ1) is 13.3. The number of para-hydroxylation sites is 1. The van der Waals surface area contributed by atoms with Crippen molar-refractivity contribution in [3.63, 3.8) is 0 Å². The highest BCUT2D eigenvalue weighted by molar-refractivity contribution is 5.79. The average Bonchev–Trinajstić information content (AvgIpc) is 2.43. The number of hydrogen-bond donors (Lipinski definition) is 1. The van der Waals surface area contributed by atoms with Crippen molar-refractivity contribution in [2.24, 2.45) is 0 Å². The van der Waals surface area contributed by atoms with Crippen molar-refractivity contribution in [2.45, 2.75) is 26.2 Å². The summed E-state index contributed by atoms with van der Waals surface area (Å²) in [4.78, 5) is 23.7. The fourth-order valence-corrected chi connectivity index (χ4v) is 1.75. The molecule has 100 valence electrons. The molecule has 0 saturated carbocycles. The van der Waals surface area contributed by atoms with E-state index in [0.717, 1.165) is 12.8 Å². The van der Waals surface area contributed by atoms with Crippen molar-refractivity contribution >= 4 is 16.9 Å². The fraction of sp³-hybridized carbons (Fsp3) is 0.357. The molecule has 0 saturated heterocycles. The van der Waals surface area contributed by atoms with E-state index >= 15 is 0 Å². The van der Waals surface area contributed by atoms with Crippen molar-refractivity contribution in [3.05, 3.63) is 40.2 Å². The summed E-state index contributed by atoms with van der Waals surface area (Å²) in [6.07, 6.45) is 1.69. The predicted octanol–water partition coefficient (Wildman–Crippen LogP) is 1.81. The number of fused-ring (bicyclic) bond motifs is 1. The molecule has 0 aliphatic rings. The van der Waals surface area contributed by atoms with Crippen LogP contribution in [0.25, 0.3) is 10.9 Å². The average molecular weight is 260 g/mol. The van der Waals surface area contributed by atoms with Crippen LogP contribution in [0.2, 0.25) is 0 Å². The third-order valence-electron chi connectivity index (χ3n) is 2.82. The molecule has 2 rings (SSSR count). The number of nitrogens with one attached hydrogen (secondary N) is 1. The van der Waals surface area contributed by atoms with Crippen molar-refractivity contribution in [1.82, 2.24) is 10.2 Å². The highest BCUT2D eigenvalue weighted by Crippen LogP contribution is 2.05. The molecule has 5 nitrogen and oxygen atoms in total. The molecule has 0 fully saturated rings. The number of aromatic amines is 1. The molecule has 1 aromatic carbocycles. The molecule has 2 aromatic rings. The summed E-state index contributed by atoms with van der Waals surface area (Å²) in [6, 6.07) is 7.08. The van der Waals surface area contributed by atoms with Gasteiger partial charge in [-0.15, -0.1) is 0 Å². The second-order valence-electron chi connectivity index (χ2n) is 4.30. The maximum atomic E-state index is 12.1. The lowest BCUT2D eigenvalue weighted by Crippen LogP contribution is -2.19. The Bertz CT molecular complexity index is 634. The minimum atomic E-state index is -0.415. The molecule has 0 spiro atoms. The second kappa shape index (κ2) is 6.13. The third kappa shape index (κ3) is 3.19. The number of esters is 1. The van der Waals surface area contributed by atoms with Gasteiger partial charge in [0.2, 0.25) is 5.43 Å². The summed E-state index contributed by atoms with van der Waals surface area (Å²) in [5.41, 5.74) is 0.637. The van der Waals surface area contributed by atoms with Gasteiger partial charge in [-0.25, -0.2) is 0 Å². The van der Waals surface area contributed by atoms with E-state index in [2.05, 4.69) is 10.2 Å². The highest BCUT2D eigenvalue weighted by Gasteiger charge is 2.11. The van der Waals surface area contributed by atoms with Crippen LogP contribution in [0.5, 0.6) is 0 Å². The van der Waals surface area contributed by atoms with Crippen molar-refractivity contribution in [2.75, 3.05) is 6.61 Å². The Labute approximate surface area is 110 Å². The standard InChI is InChI=1S/C14H16N2O3/c1-2-3-8-19-13(17)9-12-14(18)10-6-4-5-7-11(10)15-16-12/h4-7H,2-3,8-9H2,1H3,(H,15,18). The zero-order valence-electron chi connectivity index (χ0n) is 10.8. The van der Waals surface area contributed by atoms with E-state index in [1.807, 2.05) is 13.0 Å². The van der Waals surface area contributed by atoms with Crippen LogP contribution in [-0.4, -0.2) is 22.8 Å². The number of aromatic nitrogens is 2. The van der Waals surface area contributed by atoms with Crippen LogP contribution in [0.15, 0.2) is 29.1 Å². The number of carbonyl (C=O) groups is 1. The molecule has 5 heteroatoms. The van der Waals surface area contributed by atoms with Crippen LogP contribution in [0.4, 0.5) is 0 Å². The Morgan fingerprint density at radius 1 is 1.37 bits per heavy atom. The van der Waals surface area contributed by atoms with Gasteiger partial charge in [0, 0.05) is 5.39 Å². The maximum absolute atomic E-state index is 12.1. The Morgan fingerprint density at radius 3 is 2.95 bits per heavy atom. The Kier molecular flexibility index (Phi) is 4.28. The third-order valence-corrected chi connectivity index (χ3v) is 2.82. The fourth-order valence-electron chi connectivity index (χ4n) is 1.75. The number of nitrogens with zero attached hydrogens (tertiary/aromatic N) is 1. The number of unbranched alkanes of at least 4 members (excludes halogenated alkanes) is 1. The summed E-state index contributed by atoms with van der Waals surface area (Å²) in [7, 11) is 0. The second-order valence-corrected chi connectivity index (χ2v) is 4.30. The van der Waals surface area contributed by atoms with Crippen LogP contribution in [-0.2, 0) is 16.0 Å². The number of benzene rings is 1. The van der Waals surface area contributed by atoms with E-state index in [4.69, 9.17) is 4.74 Å². The molecule has 1 heterocycles. The largest absolute Gasteiger partial charge is 0.465 e. The Balaban J connectivity index is 2.15. The van der Waals surface area contributed by atoms with Gasteiger partial charge in [-0.3, -0.25) is 14.7 Å². The maximum Gasteiger partial charge on any atom is 0.312 e. The van der Waals surface area contributed by atoms with Gasteiger partial charge in [0.25, 0.3) is 0 Å². The molecular formula is C14H16N2O3. The monoisotopic (exact) mass is 260 g/mol. The topological polar surface area (TPSA) is 72.0 Å². The van der Waals surface area contributed by atoms with Crippen molar-refractivity contribution in [3.8, 4) is 0 Å². The Hall–Kier alpha value is -2.17. The van der Waals surface area contributed by atoms with Gasteiger partial charge < -0.3 is 4.74 Å². The van der Waals surface area contributed by atoms with Crippen LogP contribution < -0.4 is 5.43 Å². The van der Waals surface area contributed by atoms with E-state index < -0.39 is 5.97 Å². The van der Waals surface area contributed by atoms with E-state index in [1.165, 1.54) is 0 Å². The molecule has 0 aliphatic heterocycles.